The molecule has 0 aliphatic carbocycles. The van der Waals surface area contributed by atoms with Crippen LogP contribution in [0, 0.1) is 0 Å². The lowest BCUT2D eigenvalue weighted by atomic mass is 10.3. The highest BCUT2D eigenvalue weighted by Gasteiger charge is 2.15. The van der Waals surface area contributed by atoms with Crippen LogP contribution in [0.4, 0.5) is 0 Å². The number of hydrazine groups is 1. The minimum Gasteiger partial charge on any atom is -0.497 e. The van der Waals surface area contributed by atoms with E-state index in [0.717, 1.165) is 10.6 Å². The van der Waals surface area contributed by atoms with Crippen LogP contribution in [0.3, 0.4) is 0 Å². The Morgan fingerprint density at radius 3 is 2.23 bits per heavy atom. The highest BCUT2D eigenvalue weighted by atomic mass is 32.2. The lowest BCUT2D eigenvalue weighted by Gasteiger charge is -2.09. The van der Waals surface area contributed by atoms with Crippen molar-refractivity contribution in [3.8, 4) is 11.5 Å². The lowest BCUT2D eigenvalue weighted by molar-refractivity contribution is -0.119. The molecular weight excluding hydrogens is 376 g/mol. The molecule has 2 rings (SSSR count). The average Bonchev–Trinajstić information content (AvgIpc) is 2.66. The molecule has 2 N–H and O–H groups in total. The predicted molar refractivity (Wildman–Crippen MR) is 99.8 cm³/mol. The van der Waals surface area contributed by atoms with Crippen LogP contribution >= 0.6 is 11.8 Å². The molecule has 0 radical (unpaired) electrons. The van der Waals surface area contributed by atoms with Gasteiger partial charge in [-0.05, 0) is 55.5 Å². The molecular formula is C17H20N2O5S2. The maximum absolute atomic E-state index is 12.2. The monoisotopic (exact) mass is 396 g/mol. The van der Waals surface area contributed by atoms with Gasteiger partial charge >= 0.3 is 0 Å². The SMILES string of the molecule is CCOc1ccc(S(=O)(=O)NNC(=O)CSc2ccc(OC)cc2)cc1. The molecule has 140 valence electrons. The van der Waals surface area contributed by atoms with Crippen LogP contribution in [0.25, 0.3) is 0 Å². The highest BCUT2D eigenvalue weighted by Crippen LogP contribution is 2.21. The molecule has 0 aliphatic rings. The van der Waals surface area contributed by atoms with Crippen LogP contribution in [0.2, 0.25) is 0 Å². The van der Waals surface area contributed by atoms with Crippen LogP contribution in [-0.4, -0.2) is 33.8 Å². The van der Waals surface area contributed by atoms with Gasteiger partial charge in [0.25, 0.3) is 10.0 Å². The first kappa shape index (κ1) is 20.1. The van der Waals surface area contributed by atoms with E-state index in [4.69, 9.17) is 9.47 Å². The Kier molecular flexibility index (Phi) is 7.31. The second kappa shape index (κ2) is 9.46. The van der Waals surface area contributed by atoms with Crippen molar-refractivity contribution in [3.05, 3.63) is 48.5 Å². The van der Waals surface area contributed by atoms with E-state index in [-0.39, 0.29) is 10.6 Å². The molecule has 0 saturated carbocycles. The van der Waals surface area contributed by atoms with Crippen LogP contribution in [0.1, 0.15) is 6.92 Å². The van der Waals surface area contributed by atoms with E-state index in [0.29, 0.717) is 12.4 Å². The number of nitrogens with one attached hydrogen (secondary N) is 2. The van der Waals surface area contributed by atoms with Crippen molar-refractivity contribution >= 4 is 27.7 Å². The molecule has 1 amide bonds. The van der Waals surface area contributed by atoms with Crippen LogP contribution in [0.5, 0.6) is 11.5 Å². The zero-order valence-corrected chi connectivity index (χ0v) is 16.0. The van der Waals surface area contributed by atoms with Gasteiger partial charge in [-0.3, -0.25) is 10.2 Å². The summed E-state index contributed by atoms with van der Waals surface area (Å²) in [5.74, 6) is 0.909. The summed E-state index contributed by atoms with van der Waals surface area (Å²) in [5.41, 5.74) is 2.20. The third-order valence-electron chi connectivity index (χ3n) is 3.20. The van der Waals surface area contributed by atoms with Crippen molar-refractivity contribution in [2.24, 2.45) is 0 Å². The third kappa shape index (κ3) is 5.94. The first-order valence-corrected chi connectivity index (χ1v) is 10.2. The van der Waals surface area contributed by atoms with E-state index in [9.17, 15) is 13.2 Å². The summed E-state index contributed by atoms with van der Waals surface area (Å²) in [7, 11) is -2.27. The number of amides is 1. The fourth-order valence-electron chi connectivity index (χ4n) is 1.92. The standard InChI is InChI=1S/C17H20N2O5S2/c1-3-24-14-6-10-16(11-7-14)26(21,22)19-18-17(20)12-25-15-8-4-13(23-2)5-9-15/h4-11,19H,3,12H2,1-2H3,(H,18,20). The predicted octanol–water partition coefficient (Wildman–Crippen LogP) is 2.20. The topological polar surface area (TPSA) is 93.7 Å². The van der Waals surface area contributed by atoms with E-state index in [1.807, 2.05) is 19.1 Å². The zero-order chi connectivity index (χ0) is 19.0. The molecule has 2 aromatic carbocycles. The minimum atomic E-state index is -3.84. The smallest absolute Gasteiger partial charge is 0.257 e. The normalized spacial score (nSPS) is 11.0. The zero-order valence-electron chi connectivity index (χ0n) is 14.4. The highest BCUT2D eigenvalue weighted by molar-refractivity contribution is 8.00. The van der Waals surface area contributed by atoms with Crippen molar-refractivity contribution in [1.29, 1.82) is 0 Å². The lowest BCUT2D eigenvalue weighted by Crippen LogP contribution is -2.42. The Labute approximate surface area is 157 Å². The summed E-state index contributed by atoms with van der Waals surface area (Å²) in [4.78, 5) is 14.8. The molecule has 26 heavy (non-hydrogen) atoms. The Morgan fingerprint density at radius 2 is 1.65 bits per heavy atom. The van der Waals surface area contributed by atoms with Gasteiger partial charge in [0.1, 0.15) is 11.5 Å². The fraction of sp³-hybridized carbons (Fsp3) is 0.235. The van der Waals surface area contributed by atoms with Gasteiger partial charge in [-0.1, -0.05) is 0 Å². The van der Waals surface area contributed by atoms with Crippen molar-refractivity contribution in [3.63, 3.8) is 0 Å². The van der Waals surface area contributed by atoms with E-state index in [1.165, 1.54) is 23.9 Å². The van der Waals surface area contributed by atoms with Gasteiger partial charge in [0.05, 0.1) is 24.4 Å². The van der Waals surface area contributed by atoms with Crippen LogP contribution in [-0.2, 0) is 14.8 Å². The average molecular weight is 396 g/mol. The molecule has 0 spiro atoms. The molecule has 2 aromatic rings. The Morgan fingerprint density at radius 1 is 1.04 bits per heavy atom. The van der Waals surface area contributed by atoms with Crippen LogP contribution in [0.15, 0.2) is 58.3 Å². The van der Waals surface area contributed by atoms with E-state index < -0.39 is 15.9 Å². The van der Waals surface area contributed by atoms with Crippen molar-refractivity contribution in [1.82, 2.24) is 10.3 Å². The molecule has 0 saturated heterocycles. The van der Waals surface area contributed by atoms with Gasteiger partial charge in [-0.2, -0.15) is 0 Å². The van der Waals surface area contributed by atoms with Gasteiger partial charge < -0.3 is 9.47 Å². The van der Waals surface area contributed by atoms with E-state index in [2.05, 4.69) is 10.3 Å². The molecule has 7 nitrogen and oxygen atoms in total. The van der Waals surface area contributed by atoms with Crippen LogP contribution < -0.4 is 19.7 Å². The first-order valence-electron chi connectivity index (χ1n) is 7.75. The Bertz CT molecular complexity index is 821. The number of rotatable bonds is 9. The van der Waals surface area contributed by atoms with Crippen molar-refractivity contribution in [2.45, 2.75) is 16.7 Å². The number of carbonyl (C=O) groups is 1. The second-order valence-corrected chi connectivity index (χ2v) is 7.75. The van der Waals surface area contributed by atoms with Gasteiger partial charge in [0, 0.05) is 4.90 Å². The van der Waals surface area contributed by atoms with Gasteiger partial charge in [0.2, 0.25) is 5.91 Å². The summed E-state index contributed by atoms with van der Waals surface area (Å²) >= 11 is 1.28. The molecule has 9 heteroatoms. The van der Waals surface area contributed by atoms with Crippen molar-refractivity contribution < 1.29 is 22.7 Å². The maximum Gasteiger partial charge on any atom is 0.257 e. The quantitative estimate of drug-likeness (QED) is 0.499. The second-order valence-electron chi connectivity index (χ2n) is 5.02. The number of benzene rings is 2. The Balaban J connectivity index is 1.84. The van der Waals surface area contributed by atoms with Gasteiger partial charge in [0.15, 0.2) is 0 Å². The molecule has 0 atom stereocenters. The summed E-state index contributed by atoms with van der Waals surface area (Å²) in [6.07, 6.45) is 0. The van der Waals surface area contributed by atoms with Crippen molar-refractivity contribution in [2.75, 3.05) is 19.5 Å². The summed E-state index contributed by atoms with van der Waals surface area (Å²) in [5, 5.41) is 0. The number of hydrogen-bond acceptors (Lipinski definition) is 6. The molecule has 0 aliphatic heterocycles. The van der Waals surface area contributed by atoms with Gasteiger partial charge in [-0.15, -0.1) is 16.6 Å². The minimum absolute atomic E-state index is 0.0315. The largest absolute Gasteiger partial charge is 0.497 e. The number of carbonyl (C=O) groups excluding carboxylic acids is 1. The number of ether oxygens (including phenoxy) is 2. The molecule has 0 heterocycles. The maximum atomic E-state index is 12.2. The first-order chi connectivity index (χ1) is 12.4. The number of methoxy groups -OCH3 is 1. The number of thioether (sulfide) groups is 1. The van der Waals surface area contributed by atoms with E-state index >= 15 is 0 Å². The number of sulfonamides is 1. The molecule has 0 aromatic heterocycles. The molecule has 0 bridgehead atoms. The van der Waals surface area contributed by atoms with Gasteiger partial charge in [-0.25, -0.2) is 8.42 Å². The third-order valence-corrected chi connectivity index (χ3v) is 5.47. The molecule has 0 unspecified atom stereocenters. The fourth-order valence-corrected chi connectivity index (χ4v) is 3.48. The molecule has 0 fully saturated rings. The summed E-state index contributed by atoms with van der Waals surface area (Å²) in [6.45, 7) is 2.33. The van der Waals surface area contributed by atoms with E-state index in [1.54, 1.807) is 31.4 Å². The number of hydrogen-bond donors (Lipinski definition) is 2. The Hall–Kier alpha value is -2.23. The summed E-state index contributed by atoms with van der Waals surface area (Å²) in [6, 6.07) is 13.1. The summed E-state index contributed by atoms with van der Waals surface area (Å²) < 4.78 is 34.7.